The van der Waals surface area contributed by atoms with Crippen molar-refractivity contribution < 1.29 is 26.8 Å². The van der Waals surface area contributed by atoms with E-state index in [2.05, 4.69) is 10.3 Å². The molecule has 0 saturated carbocycles. The van der Waals surface area contributed by atoms with Crippen LogP contribution in [0.1, 0.15) is 28.4 Å². The lowest BCUT2D eigenvalue weighted by Crippen LogP contribution is -2.33. The van der Waals surface area contributed by atoms with E-state index in [1.54, 1.807) is 13.2 Å². The number of anilines is 1. The molecule has 194 valence electrons. The van der Waals surface area contributed by atoms with Crippen molar-refractivity contribution in [2.45, 2.75) is 19.8 Å². The first kappa shape index (κ1) is 26.2. The van der Waals surface area contributed by atoms with E-state index < -0.39 is 21.7 Å². The SMILES string of the molecule is CCc1cc2c(C(=O)NC)c(-c3ccc(F)cc3)oc2nc1N(CCc1cccc(OC)c1)S(C)(=O)=O. The van der Waals surface area contributed by atoms with Crippen molar-refractivity contribution in [3.8, 4) is 17.1 Å². The van der Waals surface area contributed by atoms with Gasteiger partial charge in [-0.1, -0.05) is 19.1 Å². The van der Waals surface area contributed by atoms with E-state index in [0.717, 1.165) is 11.8 Å². The summed E-state index contributed by atoms with van der Waals surface area (Å²) in [6.45, 7) is 2.03. The highest BCUT2D eigenvalue weighted by Crippen LogP contribution is 2.36. The molecule has 2 heterocycles. The molecule has 0 saturated heterocycles. The third-order valence-corrected chi connectivity index (χ3v) is 7.21. The van der Waals surface area contributed by atoms with Gasteiger partial charge in [0.15, 0.2) is 0 Å². The van der Waals surface area contributed by atoms with Gasteiger partial charge >= 0.3 is 0 Å². The molecule has 0 atom stereocenters. The summed E-state index contributed by atoms with van der Waals surface area (Å²) in [6.07, 6.45) is 2.02. The number of halogens is 1. The molecule has 4 aromatic rings. The molecule has 1 N–H and O–H groups in total. The van der Waals surface area contributed by atoms with Gasteiger partial charge in [0.05, 0.1) is 24.3 Å². The van der Waals surface area contributed by atoms with Crippen LogP contribution in [0.4, 0.5) is 10.2 Å². The second-order valence-corrected chi connectivity index (χ2v) is 10.4. The number of pyridine rings is 1. The Labute approximate surface area is 215 Å². The molecule has 37 heavy (non-hydrogen) atoms. The van der Waals surface area contributed by atoms with Gasteiger partial charge < -0.3 is 14.5 Å². The summed E-state index contributed by atoms with van der Waals surface area (Å²) < 4.78 is 51.9. The number of hydrogen-bond donors (Lipinski definition) is 1. The number of methoxy groups -OCH3 is 1. The minimum atomic E-state index is -3.71. The molecule has 0 fully saturated rings. The van der Waals surface area contributed by atoms with Crippen LogP contribution in [-0.2, 0) is 22.9 Å². The molecular formula is C27H28FN3O5S. The number of nitrogens with one attached hydrogen (secondary N) is 1. The third-order valence-electron chi connectivity index (χ3n) is 6.05. The molecule has 0 bridgehead atoms. The zero-order chi connectivity index (χ0) is 26.7. The normalized spacial score (nSPS) is 11.5. The van der Waals surface area contributed by atoms with Gasteiger partial charge in [0.25, 0.3) is 5.91 Å². The van der Waals surface area contributed by atoms with E-state index in [1.807, 2.05) is 31.2 Å². The minimum Gasteiger partial charge on any atom is -0.497 e. The van der Waals surface area contributed by atoms with Crippen LogP contribution < -0.4 is 14.4 Å². The van der Waals surface area contributed by atoms with Crippen molar-refractivity contribution in [3.05, 3.63) is 77.1 Å². The van der Waals surface area contributed by atoms with Crippen LogP contribution in [0.25, 0.3) is 22.4 Å². The van der Waals surface area contributed by atoms with E-state index in [9.17, 15) is 17.6 Å². The number of aromatic nitrogens is 1. The lowest BCUT2D eigenvalue weighted by atomic mass is 10.0. The maximum atomic E-state index is 13.5. The average Bonchev–Trinajstić information content (AvgIpc) is 3.25. The molecule has 0 aliphatic heterocycles. The van der Waals surface area contributed by atoms with E-state index in [4.69, 9.17) is 9.15 Å². The summed E-state index contributed by atoms with van der Waals surface area (Å²) >= 11 is 0. The van der Waals surface area contributed by atoms with Gasteiger partial charge in [-0.2, -0.15) is 4.98 Å². The van der Waals surface area contributed by atoms with E-state index in [1.165, 1.54) is 35.6 Å². The lowest BCUT2D eigenvalue weighted by Gasteiger charge is -2.23. The molecule has 4 rings (SSSR count). The topological polar surface area (TPSA) is 102 Å². The van der Waals surface area contributed by atoms with Crippen LogP contribution in [0.3, 0.4) is 0 Å². The molecule has 0 aliphatic carbocycles. The van der Waals surface area contributed by atoms with Crippen LogP contribution >= 0.6 is 0 Å². The molecule has 1 amide bonds. The van der Waals surface area contributed by atoms with Crippen LogP contribution in [0.2, 0.25) is 0 Å². The summed E-state index contributed by atoms with van der Waals surface area (Å²) in [5, 5.41) is 3.06. The van der Waals surface area contributed by atoms with Crippen LogP contribution in [-0.4, -0.2) is 46.3 Å². The van der Waals surface area contributed by atoms with Gasteiger partial charge in [0.1, 0.15) is 23.1 Å². The standard InChI is InChI=1S/C27H28FN3O5S/c1-5-18-16-22-23(26(32)29-2)24(19-9-11-20(28)12-10-19)36-27(22)30-25(18)31(37(4,33)34)14-13-17-7-6-8-21(15-17)35-3/h6-12,15-16H,5,13-14H2,1-4H3,(H,29,32). The Morgan fingerprint density at radius 1 is 1.16 bits per heavy atom. The number of fused-ring (bicyclic) bond motifs is 1. The van der Waals surface area contributed by atoms with Gasteiger partial charge in [-0.05, 0) is 66.4 Å². The van der Waals surface area contributed by atoms with Crippen LogP contribution in [0, 0.1) is 5.82 Å². The minimum absolute atomic E-state index is 0.111. The fourth-order valence-corrected chi connectivity index (χ4v) is 5.07. The number of nitrogens with zero attached hydrogens (tertiary/aromatic N) is 2. The maximum Gasteiger partial charge on any atom is 0.255 e. The molecule has 0 spiro atoms. The summed E-state index contributed by atoms with van der Waals surface area (Å²) in [5.41, 5.74) is 2.40. The number of carbonyl (C=O) groups is 1. The molecule has 0 unspecified atom stereocenters. The molecule has 10 heteroatoms. The highest BCUT2D eigenvalue weighted by molar-refractivity contribution is 7.92. The van der Waals surface area contributed by atoms with Crippen molar-refractivity contribution in [1.29, 1.82) is 0 Å². The van der Waals surface area contributed by atoms with Gasteiger partial charge in [0, 0.05) is 19.2 Å². The number of aryl methyl sites for hydroxylation is 1. The Morgan fingerprint density at radius 2 is 1.89 bits per heavy atom. The fraction of sp³-hybridized carbons (Fsp3) is 0.259. The number of benzene rings is 2. The second kappa shape index (κ2) is 10.6. The third kappa shape index (κ3) is 5.43. The zero-order valence-corrected chi connectivity index (χ0v) is 21.9. The molecule has 0 aliphatic rings. The van der Waals surface area contributed by atoms with Crippen molar-refractivity contribution in [1.82, 2.24) is 10.3 Å². The van der Waals surface area contributed by atoms with Crippen LogP contribution in [0.5, 0.6) is 5.75 Å². The van der Waals surface area contributed by atoms with Crippen molar-refractivity contribution >= 4 is 32.8 Å². The molecule has 0 radical (unpaired) electrons. The highest BCUT2D eigenvalue weighted by atomic mass is 32.2. The summed E-state index contributed by atoms with van der Waals surface area (Å²) in [7, 11) is -0.633. The zero-order valence-electron chi connectivity index (χ0n) is 21.0. The molecule has 2 aromatic heterocycles. The van der Waals surface area contributed by atoms with E-state index in [0.29, 0.717) is 35.1 Å². The van der Waals surface area contributed by atoms with Crippen molar-refractivity contribution in [2.75, 3.05) is 31.3 Å². The number of hydrogen-bond acceptors (Lipinski definition) is 6. The Bertz CT molecular complexity index is 1550. The number of sulfonamides is 1. The van der Waals surface area contributed by atoms with Crippen molar-refractivity contribution in [3.63, 3.8) is 0 Å². The second-order valence-electron chi connectivity index (χ2n) is 8.51. The van der Waals surface area contributed by atoms with Gasteiger partial charge in [0.2, 0.25) is 15.7 Å². The summed E-state index contributed by atoms with van der Waals surface area (Å²) in [6, 6.07) is 14.7. The van der Waals surface area contributed by atoms with Gasteiger partial charge in [-0.15, -0.1) is 0 Å². The van der Waals surface area contributed by atoms with E-state index >= 15 is 0 Å². The first-order valence-corrected chi connectivity index (χ1v) is 13.6. The highest BCUT2D eigenvalue weighted by Gasteiger charge is 2.27. The molecular weight excluding hydrogens is 497 g/mol. The number of carbonyl (C=O) groups excluding carboxylic acids is 1. The number of amides is 1. The lowest BCUT2D eigenvalue weighted by molar-refractivity contribution is 0.0964. The Hall–Kier alpha value is -3.92. The predicted octanol–water partition coefficient (Wildman–Crippen LogP) is 4.57. The first-order valence-electron chi connectivity index (χ1n) is 11.7. The average molecular weight is 526 g/mol. The summed E-state index contributed by atoms with van der Waals surface area (Å²) in [4.78, 5) is 17.5. The van der Waals surface area contributed by atoms with Gasteiger partial charge in [-0.25, -0.2) is 12.8 Å². The summed E-state index contributed by atoms with van der Waals surface area (Å²) in [5.74, 6) is 0.331. The quantitative estimate of drug-likeness (QED) is 0.343. The number of furan rings is 1. The Kier molecular flexibility index (Phi) is 7.49. The molecule has 8 nitrogen and oxygen atoms in total. The predicted molar refractivity (Wildman–Crippen MR) is 141 cm³/mol. The van der Waals surface area contributed by atoms with Gasteiger partial charge in [-0.3, -0.25) is 9.10 Å². The smallest absolute Gasteiger partial charge is 0.255 e. The Balaban J connectivity index is 1.84. The van der Waals surface area contributed by atoms with Crippen LogP contribution in [0.15, 0.2) is 59.0 Å². The first-order chi connectivity index (χ1) is 17.7. The number of rotatable bonds is 9. The fourth-order valence-electron chi connectivity index (χ4n) is 4.17. The Morgan fingerprint density at radius 3 is 2.51 bits per heavy atom. The van der Waals surface area contributed by atoms with E-state index in [-0.39, 0.29) is 29.4 Å². The van der Waals surface area contributed by atoms with Crippen molar-refractivity contribution in [2.24, 2.45) is 0 Å². The maximum absolute atomic E-state index is 13.5. The monoisotopic (exact) mass is 525 g/mol. The largest absolute Gasteiger partial charge is 0.497 e. The number of ether oxygens (including phenoxy) is 1. The molecule has 2 aromatic carbocycles.